The number of phosphoric ester groups is 1. The predicted molar refractivity (Wildman–Crippen MR) is 178 cm³/mol. The normalized spacial score (nSPS) is 13.5. The molecule has 0 spiro atoms. The van der Waals surface area contributed by atoms with Gasteiger partial charge in [0.25, 0.3) is 0 Å². The van der Waals surface area contributed by atoms with E-state index in [0.717, 1.165) is 32.1 Å². The quantitative estimate of drug-likeness (QED) is 0.0397. The van der Waals surface area contributed by atoms with Crippen LogP contribution in [0.3, 0.4) is 0 Å². The minimum absolute atomic E-state index is 0.0576. The highest BCUT2D eigenvalue weighted by Crippen LogP contribution is 2.43. The van der Waals surface area contributed by atoms with E-state index in [1.165, 1.54) is 109 Å². The molecule has 0 aromatic rings. The first-order valence-corrected chi connectivity index (χ1v) is 19.5. The van der Waals surface area contributed by atoms with Crippen LogP contribution >= 0.6 is 7.82 Å². The summed E-state index contributed by atoms with van der Waals surface area (Å²) in [5.41, 5.74) is 5.32. The molecule has 0 fully saturated rings. The van der Waals surface area contributed by atoms with Crippen molar-refractivity contribution in [2.45, 2.75) is 180 Å². The summed E-state index contributed by atoms with van der Waals surface area (Å²) < 4.78 is 32.5. The van der Waals surface area contributed by atoms with Crippen molar-refractivity contribution in [3.63, 3.8) is 0 Å². The van der Waals surface area contributed by atoms with Gasteiger partial charge in [-0.15, -0.1) is 0 Å². The number of phosphoric acid groups is 1. The summed E-state index contributed by atoms with van der Waals surface area (Å²) in [4.78, 5) is 34.6. The van der Waals surface area contributed by atoms with E-state index in [9.17, 15) is 19.0 Å². The van der Waals surface area contributed by atoms with Gasteiger partial charge < -0.3 is 20.1 Å². The molecule has 44 heavy (non-hydrogen) atoms. The van der Waals surface area contributed by atoms with Gasteiger partial charge in [0.2, 0.25) is 0 Å². The van der Waals surface area contributed by atoms with Crippen LogP contribution in [0.2, 0.25) is 0 Å². The Morgan fingerprint density at radius 3 is 1.39 bits per heavy atom. The number of carbonyl (C=O) groups is 2. The Labute approximate surface area is 269 Å². The molecule has 0 saturated heterocycles. The van der Waals surface area contributed by atoms with E-state index in [-0.39, 0.29) is 38.6 Å². The van der Waals surface area contributed by atoms with Gasteiger partial charge in [-0.3, -0.25) is 18.6 Å². The molecule has 0 aliphatic heterocycles. The molecule has 1 unspecified atom stereocenters. The predicted octanol–water partition coefficient (Wildman–Crippen LogP) is 9.33. The third-order valence-corrected chi connectivity index (χ3v) is 8.73. The Balaban J connectivity index is 4.23. The molecular weight excluding hydrogens is 581 g/mol. The lowest BCUT2D eigenvalue weighted by Gasteiger charge is -2.19. The molecule has 0 aliphatic rings. The summed E-state index contributed by atoms with van der Waals surface area (Å²) in [7, 11) is -4.36. The molecule has 0 amide bonds. The van der Waals surface area contributed by atoms with Gasteiger partial charge in [0.1, 0.15) is 6.61 Å². The van der Waals surface area contributed by atoms with Crippen molar-refractivity contribution in [3.05, 3.63) is 0 Å². The average molecular weight is 650 g/mol. The van der Waals surface area contributed by atoms with Gasteiger partial charge in [0.15, 0.2) is 6.10 Å². The Morgan fingerprint density at radius 2 is 0.977 bits per heavy atom. The van der Waals surface area contributed by atoms with E-state index in [4.69, 9.17) is 24.3 Å². The highest BCUT2D eigenvalue weighted by molar-refractivity contribution is 7.47. The fourth-order valence-corrected chi connectivity index (χ4v) is 5.81. The zero-order valence-electron chi connectivity index (χ0n) is 28.4. The van der Waals surface area contributed by atoms with E-state index in [1.807, 2.05) is 0 Å². The third kappa shape index (κ3) is 31.0. The number of rotatable bonds is 34. The smallest absolute Gasteiger partial charge is 0.462 e. The van der Waals surface area contributed by atoms with Crippen molar-refractivity contribution < 1.29 is 37.6 Å². The summed E-state index contributed by atoms with van der Waals surface area (Å²) in [6.45, 7) is 3.72. The van der Waals surface area contributed by atoms with Gasteiger partial charge in [-0.25, -0.2) is 4.57 Å². The topological polar surface area (TPSA) is 134 Å². The first kappa shape index (κ1) is 43.0. The number of unbranched alkanes of at least 4 members (excludes halogenated alkanes) is 21. The molecule has 10 heteroatoms. The standard InChI is InChI=1S/C34H68NO8P/c1-3-5-7-9-11-13-15-16-17-19-21-23-25-27-34(37)43-32(31-42-44(38,39)41-29-28-35)30-40-33(36)26-24-22-20-18-14-12-10-8-6-4-2/h32H,3-31,35H2,1-2H3,(H,38,39)/t32-/m0/s1. The zero-order valence-corrected chi connectivity index (χ0v) is 29.3. The van der Waals surface area contributed by atoms with Gasteiger partial charge in [0.05, 0.1) is 13.2 Å². The van der Waals surface area contributed by atoms with Crippen molar-refractivity contribution in [2.24, 2.45) is 5.73 Å². The summed E-state index contributed by atoms with van der Waals surface area (Å²) in [6.07, 6.45) is 27.0. The monoisotopic (exact) mass is 649 g/mol. The van der Waals surface area contributed by atoms with Crippen LogP contribution in [0.1, 0.15) is 174 Å². The number of hydrogen-bond donors (Lipinski definition) is 2. The van der Waals surface area contributed by atoms with Gasteiger partial charge in [-0.05, 0) is 12.8 Å². The van der Waals surface area contributed by atoms with Crippen LogP contribution in [0.15, 0.2) is 0 Å². The first-order valence-electron chi connectivity index (χ1n) is 18.0. The molecule has 9 nitrogen and oxygen atoms in total. The van der Waals surface area contributed by atoms with E-state index in [1.54, 1.807) is 0 Å². The number of esters is 2. The van der Waals surface area contributed by atoms with Crippen LogP contribution in [0.5, 0.6) is 0 Å². The highest BCUT2D eigenvalue weighted by atomic mass is 31.2. The van der Waals surface area contributed by atoms with Crippen LogP contribution in [0, 0.1) is 0 Å². The molecule has 0 heterocycles. The van der Waals surface area contributed by atoms with E-state index in [2.05, 4.69) is 13.8 Å². The third-order valence-electron chi connectivity index (χ3n) is 7.74. The molecule has 0 bridgehead atoms. The van der Waals surface area contributed by atoms with Crippen LogP contribution in [-0.2, 0) is 32.7 Å². The van der Waals surface area contributed by atoms with Crippen molar-refractivity contribution >= 4 is 19.8 Å². The van der Waals surface area contributed by atoms with E-state index < -0.39 is 26.5 Å². The second-order valence-corrected chi connectivity index (χ2v) is 13.6. The minimum atomic E-state index is -4.36. The Kier molecular flexibility index (Phi) is 31.3. The maximum absolute atomic E-state index is 12.5. The molecule has 0 aromatic carbocycles. The van der Waals surface area contributed by atoms with E-state index in [0.29, 0.717) is 6.42 Å². The summed E-state index contributed by atoms with van der Waals surface area (Å²) in [6, 6.07) is 0. The van der Waals surface area contributed by atoms with Crippen LogP contribution in [0.4, 0.5) is 0 Å². The average Bonchev–Trinajstić information content (AvgIpc) is 3.00. The van der Waals surface area contributed by atoms with Crippen LogP contribution in [0.25, 0.3) is 0 Å². The Morgan fingerprint density at radius 1 is 0.591 bits per heavy atom. The molecule has 0 aromatic heterocycles. The Hall–Kier alpha value is -0.990. The molecule has 0 rings (SSSR count). The first-order chi connectivity index (χ1) is 21.3. The van der Waals surface area contributed by atoms with E-state index >= 15 is 0 Å². The molecule has 2 atom stereocenters. The van der Waals surface area contributed by atoms with Crippen molar-refractivity contribution in [3.8, 4) is 0 Å². The minimum Gasteiger partial charge on any atom is -0.462 e. The fraction of sp³-hybridized carbons (Fsp3) is 0.941. The summed E-state index contributed by atoms with van der Waals surface area (Å²) >= 11 is 0. The SMILES string of the molecule is CCCCCCCCCCCCCCCC(=O)O[C@@H](COC(=O)CCCCCCCCCCCC)COP(=O)(O)OCCN. The largest absolute Gasteiger partial charge is 0.472 e. The Bertz CT molecular complexity index is 709. The molecule has 0 saturated carbocycles. The number of ether oxygens (including phenoxy) is 2. The lowest BCUT2D eigenvalue weighted by molar-refractivity contribution is -0.161. The molecule has 3 N–H and O–H groups in total. The lowest BCUT2D eigenvalue weighted by Crippen LogP contribution is -2.29. The molecular formula is C34H68NO8P. The maximum Gasteiger partial charge on any atom is 0.472 e. The molecule has 262 valence electrons. The number of carbonyl (C=O) groups excluding carboxylic acids is 2. The lowest BCUT2D eigenvalue weighted by atomic mass is 10.0. The summed E-state index contributed by atoms with van der Waals surface area (Å²) in [5.74, 6) is -0.822. The van der Waals surface area contributed by atoms with Crippen molar-refractivity contribution in [1.29, 1.82) is 0 Å². The van der Waals surface area contributed by atoms with Gasteiger partial charge >= 0.3 is 19.8 Å². The molecule has 0 radical (unpaired) electrons. The number of hydrogen-bond acceptors (Lipinski definition) is 8. The highest BCUT2D eigenvalue weighted by Gasteiger charge is 2.25. The van der Waals surface area contributed by atoms with Crippen molar-refractivity contribution in [1.82, 2.24) is 0 Å². The number of nitrogens with two attached hydrogens (primary N) is 1. The van der Waals surface area contributed by atoms with Gasteiger partial charge in [0, 0.05) is 19.4 Å². The fourth-order valence-electron chi connectivity index (χ4n) is 5.05. The van der Waals surface area contributed by atoms with Crippen LogP contribution < -0.4 is 5.73 Å². The second kappa shape index (κ2) is 32.0. The molecule has 0 aliphatic carbocycles. The summed E-state index contributed by atoms with van der Waals surface area (Å²) in [5, 5.41) is 0. The van der Waals surface area contributed by atoms with Crippen LogP contribution in [-0.4, -0.2) is 49.3 Å². The van der Waals surface area contributed by atoms with Gasteiger partial charge in [-0.1, -0.05) is 149 Å². The second-order valence-electron chi connectivity index (χ2n) is 12.1. The van der Waals surface area contributed by atoms with Gasteiger partial charge in [-0.2, -0.15) is 0 Å². The zero-order chi connectivity index (χ0) is 32.6. The van der Waals surface area contributed by atoms with Crippen molar-refractivity contribution in [2.75, 3.05) is 26.4 Å². The maximum atomic E-state index is 12.5.